The molecule has 0 aromatic heterocycles. The van der Waals surface area contributed by atoms with E-state index in [2.05, 4.69) is 31.7 Å². The molecule has 4 nitrogen and oxygen atoms in total. The lowest BCUT2D eigenvalue weighted by Gasteiger charge is -2.38. The second-order valence-electron chi connectivity index (χ2n) is 12.8. The van der Waals surface area contributed by atoms with Gasteiger partial charge in [-0.15, -0.1) is 0 Å². The molecule has 212 valence electrons. The molecule has 3 fully saturated rings. The molecule has 3 aliphatic rings. The quantitative estimate of drug-likeness (QED) is 0.180. The summed E-state index contributed by atoms with van der Waals surface area (Å²) in [6.07, 6.45) is 18.0. The minimum Gasteiger partial charge on any atom is -0.490 e. The van der Waals surface area contributed by atoms with Crippen LogP contribution in [0.25, 0.3) is 0 Å². The van der Waals surface area contributed by atoms with Crippen molar-refractivity contribution in [1.82, 2.24) is 0 Å². The fourth-order valence-electron chi connectivity index (χ4n) is 7.50. The Labute approximate surface area is 231 Å². The molecule has 1 aromatic rings. The molecule has 0 atom stereocenters. The van der Waals surface area contributed by atoms with Crippen LogP contribution in [0.2, 0.25) is 0 Å². The SMILES string of the molecule is C=C(C)C(=O)OCCOc1cc(C2CCC(C)CC2)ccc1C1CCC(C2CCC(CCCO)CC2)CC1. The average molecular weight is 525 g/mol. The number of rotatable bonds is 11. The zero-order chi connectivity index (χ0) is 26.9. The van der Waals surface area contributed by atoms with Crippen molar-refractivity contribution in [2.24, 2.45) is 23.7 Å². The number of aliphatic hydroxyl groups is 1. The Bertz CT molecular complexity index is 884. The maximum absolute atomic E-state index is 11.8. The minimum atomic E-state index is -0.348. The average Bonchev–Trinajstić information content (AvgIpc) is 2.95. The highest BCUT2D eigenvalue weighted by atomic mass is 16.6. The molecular weight excluding hydrogens is 472 g/mol. The van der Waals surface area contributed by atoms with Gasteiger partial charge in [-0.2, -0.15) is 0 Å². The van der Waals surface area contributed by atoms with E-state index in [0.29, 0.717) is 30.6 Å². The lowest BCUT2D eigenvalue weighted by molar-refractivity contribution is -0.139. The number of benzene rings is 1. The van der Waals surface area contributed by atoms with Crippen LogP contribution in [0.4, 0.5) is 0 Å². The zero-order valence-electron chi connectivity index (χ0n) is 24.1. The lowest BCUT2D eigenvalue weighted by Crippen LogP contribution is -2.25. The van der Waals surface area contributed by atoms with Gasteiger partial charge in [0.2, 0.25) is 0 Å². The third kappa shape index (κ3) is 8.10. The fourth-order valence-corrected chi connectivity index (χ4v) is 7.50. The van der Waals surface area contributed by atoms with E-state index in [9.17, 15) is 4.79 Å². The van der Waals surface area contributed by atoms with Crippen molar-refractivity contribution in [3.63, 3.8) is 0 Å². The van der Waals surface area contributed by atoms with Gasteiger partial charge in [0.05, 0.1) is 0 Å². The van der Waals surface area contributed by atoms with E-state index in [1.807, 2.05) is 0 Å². The molecule has 0 spiro atoms. The summed E-state index contributed by atoms with van der Waals surface area (Å²) in [5.74, 6) is 5.31. The number of hydrogen-bond donors (Lipinski definition) is 1. The third-order valence-corrected chi connectivity index (χ3v) is 9.99. The molecule has 0 unspecified atom stereocenters. The monoisotopic (exact) mass is 524 g/mol. The summed E-state index contributed by atoms with van der Waals surface area (Å²) >= 11 is 0. The summed E-state index contributed by atoms with van der Waals surface area (Å²) in [5.41, 5.74) is 3.20. The lowest BCUT2D eigenvalue weighted by atomic mass is 9.68. The van der Waals surface area contributed by atoms with Gasteiger partial charge in [-0.05, 0) is 124 Å². The fraction of sp³-hybridized carbons (Fsp3) is 0.735. The Hall–Kier alpha value is -1.81. The highest BCUT2D eigenvalue weighted by molar-refractivity contribution is 5.86. The van der Waals surface area contributed by atoms with Crippen LogP contribution in [0.5, 0.6) is 5.75 Å². The number of carbonyl (C=O) groups is 1. The van der Waals surface area contributed by atoms with Gasteiger partial charge in [-0.3, -0.25) is 0 Å². The van der Waals surface area contributed by atoms with Crippen molar-refractivity contribution in [3.8, 4) is 5.75 Å². The topological polar surface area (TPSA) is 55.8 Å². The van der Waals surface area contributed by atoms with Gasteiger partial charge in [-0.25, -0.2) is 4.79 Å². The second-order valence-corrected chi connectivity index (χ2v) is 12.8. The Morgan fingerprint density at radius 3 is 2.16 bits per heavy atom. The summed E-state index contributed by atoms with van der Waals surface area (Å²) in [6, 6.07) is 7.06. The maximum atomic E-state index is 11.8. The van der Waals surface area contributed by atoms with Crippen LogP contribution in [-0.4, -0.2) is 30.9 Å². The normalized spacial score (nSPS) is 30.0. The van der Waals surface area contributed by atoms with E-state index in [1.165, 1.54) is 94.6 Å². The minimum absolute atomic E-state index is 0.254. The molecular formula is C34H52O4. The molecule has 1 aromatic carbocycles. The Kier molecular flexibility index (Phi) is 11.2. The molecule has 0 amide bonds. The van der Waals surface area contributed by atoms with E-state index in [1.54, 1.807) is 6.92 Å². The molecule has 0 aliphatic heterocycles. The number of hydrogen-bond acceptors (Lipinski definition) is 4. The van der Waals surface area contributed by atoms with Gasteiger partial charge in [0.1, 0.15) is 19.0 Å². The molecule has 0 saturated heterocycles. The molecule has 0 bridgehead atoms. The highest BCUT2D eigenvalue weighted by Gasteiger charge is 2.32. The van der Waals surface area contributed by atoms with Crippen LogP contribution < -0.4 is 4.74 Å². The first kappa shape index (κ1) is 29.2. The van der Waals surface area contributed by atoms with Crippen LogP contribution >= 0.6 is 0 Å². The third-order valence-electron chi connectivity index (χ3n) is 9.99. The number of aliphatic hydroxyl groups excluding tert-OH is 1. The van der Waals surface area contributed by atoms with Crippen molar-refractivity contribution in [2.45, 2.75) is 116 Å². The number of esters is 1. The Balaban J connectivity index is 1.36. The highest BCUT2D eigenvalue weighted by Crippen LogP contribution is 2.47. The first-order valence-corrected chi connectivity index (χ1v) is 15.6. The predicted octanol–water partition coefficient (Wildman–Crippen LogP) is 8.33. The van der Waals surface area contributed by atoms with Crippen LogP contribution in [0.15, 0.2) is 30.4 Å². The van der Waals surface area contributed by atoms with Gasteiger partial charge >= 0.3 is 5.97 Å². The van der Waals surface area contributed by atoms with Crippen molar-refractivity contribution in [2.75, 3.05) is 19.8 Å². The van der Waals surface area contributed by atoms with Crippen molar-refractivity contribution in [3.05, 3.63) is 41.5 Å². The van der Waals surface area contributed by atoms with E-state index in [0.717, 1.165) is 35.8 Å². The summed E-state index contributed by atoms with van der Waals surface area (Å²) in [4.78, 5) is 11.8. The molecule has 38 heavy (non-hydrogen) atoms. The summed E-state index contributed by atoms with van der Waals surface area (Å²) < 4.78 is 11.6. The second kappa shape index (κ2) is 14.5. The first-order chi connectivity index (χ1) is 18.4. The molecule has 3 saturated carbocycles. The molecule has 4 rings (SSSR count). The van der Waals surface area contributed by atoms with E-state index >= 15 is 0 Å². The summed E-state index contributed by atoms with van der Waals surface area (Å²) in [7, 11) is 0. The Morgan fingerprint density at radius 1 is 0.895 bits per heavy atom. The van der Waals surface area contributed by atoms with Crippen LogP contribution in [0.3, 0.4) is 0 Å². The van der Waals surface area contributed by atoms with Crippen LogP contribution in [0, 0.1) is 23.7 Å². The van der Waals surface area contributed by atoms with E-state index < -0.39 is 0 Å². The number of carbonyl (C=O) groups excluding carboxylic acids is 1. The predicted molar refractivity (Wildman–Crippen MR) is 155 cm³/mol. The molecule has 0 heterocycles. The maximum Gasteiger partial charge on any atom is 0.333 e. The molecule has 4 heteroatoms. The summed E-state index contributed by atoms with van der Waals surface area (Å²) in [6.45, 7) is 8.70. The Morgan fingerprint density at radius 2 is 1.53 bits per heavy atom. The van der Waals surface area contributed by atoms with E-state index in [4.69, 9.17) is 14.6 Å². The van der Waals surface area contributed by atoms with Crippen molar-refractivity contribution in [1.29, 1.82) is 0 Å². The smallest absolute Gasteiger partial charge is 0.333 e. The number of ether oxygens (including phenoxy) is 2. The van der Waals surface area contributed by atoms with Crippen molar-refractivity contribution < 1.29 is 19.4 Å². The largest absolute Gasteiger partial charge is 0.490 e. The molecule has 1 N–H and O–H groups in total. The van der Waals surface area contributed by atoms with Crippen molar-refractivity contribution >= 4 is 5.97 Å². The van der Waals surface area contributed by atoms with E-state index in [-0.39, 0.29) is 12.6 Å². The molecule has 0 radical (unpaired) electrons. The van der Waals surface area contributed by atoms with Gasteiger partial charge in [-0.1, -0.05) is 51.3 Å². The standard InChI is InChI=1S/C34H52O4/c1-24(2)34(36)38-22-21-37-33-23-31(29-10-6-25(3)7-11-29)18-19-32(33)30-16-14-28(15-17-30)27-12-8-26(9-13-27)5-4-20-35/h18-19,23,25-30,35H,1,4-17,20-22H2,2-3H3. The van der Waals surface area contributed by atoms with Gasteiger partial charge < -0.3 is 14.6 Å². The van der Waals surface area contributed by atoms with Gasteiger partial charge in [0, 0.05) is 12.2 Å². The zero-order valence-corrected chi connectivity index (χ0v) is 24.1. The first-order valence-electron chi connectivity index (χ1n) is 15.6. The molecule has 3 aliphatic carbocycles. The van der Waals surface area contributed by atoms with Crippen LogP contribution in [0.1, 0.15) is 127 Å². The van der Waals surface area contributed by atoms with Gasteiger partial charge in [0.25, 0.3) is 0 Å². The van der Waals surface area contributed by atoms with Gasteiger partial charge in [0.15, 0.2) is 0 Å². The van der Waals surface area contributed by atoms with Crippen LogP contribution in [-0.2, 0) is 9.53 Å². The summed E-state index contributed by atoms with van der Waals surface area (Å²) in [5, 5.41) is 9.15.